The molecule has 23 heavy (non-hydrogen) atoms. The van der Waals surface area contributed by atoms with E-state index in [0.717, 1.165) is 16.7 Å². The van der Waals surface area contributed by atoms with Gasteiger partial charge in [-0.3, -0.25) is 15.2 Å². The van der Waals surface area contributed by atoms with Crippen molar-refractivity contribution in [2.24, 2.45) is 0 Å². The zero-order chi connectivity index (χ0) is 16.6. The summed E-state index contributed by atoms with van der Waals surface area (Å²) >= 11 is 0. The third-order valence-corrected chi connectivity index (χ3v) is 3.82. The Kier molecular flexibility index (Phi) is 3.90. The van der Waals surface area contributed by atoms with E-state index in [9.17, 15) is 4.79 Å². The molecule has 0 radical (unpaired) electrons. The number of benzene rings is 1. The number of hydrogen-bond acceptors (Lipinski definition) is 3. The first-order valence-electron chi connectivity index (χ1n) is 7.80. The van der Waals surface area contributed by atoms with Crippen LogP contribution < -0.4 is 5.32 Å². The van der Waals surface area contributed by atoms with Crippen LogP contribution in [0.2, 0.25) is 0 Å². The Morgan fingerprint density at radius 1 is 1.22 bits per heavy atom. The molecule has 0 unspecified atom stereocenters. The first kappa shape index (κ1) is 15.3. The Labute approximate surface area is 134 Å². The molecule has 0 atom stereocenters. The van der Waals surface area contributed by atoms with Gasteiger partial charge in [0.15, 0.2) is 0 Å². The molecule has 2 heterocycles. The number of carbonyl (C=O) groups excluding carboxylic acids is 1. The second-order valence-electron chi connectivity index (χ2n) is 6.21. The normalized spacial score (nSPS) is 11.6. The lowest BCUT2D eigenvalue weighted by atomic mass is 10.1. The van der Waals surface area contributed by atoms with E-state index in [1.165, 1.54) is 0 Å². The Morgan fingerprint density at radius 2 is 1.96 bits per heavy atom. The number of aromatic nitrogens is 4. The number of nitrogens with zero attached hydrogens (tertiary/aromatic N) is 3. The van der Waals surface area contributed by atoms with Crippen molar-refractivity contribution < 1.29 is 4.79 Å². The van der Waals surface area contributed by atoms with Crippen LogP contribution in [0.5, 0.6) is 0 Å². The topological polar surface area (TPSA) is 75.6 Å². The largest absolute Gasteiger partial charge is 0.344 e. The minimum atomic E-state index is -0.199. The van der Waals surface area contributed by atoms with E-state index in [4.69, 9.17) is 0 Å². The van der Waals surface area contributed by atoms with Crippen molar-refractivity contribution in [3.63, 3.8) is 0 Å². The highest BCUT2D eigenvalue weighted by atomic mass is 16.1. The monoisotopic (exact) mass is 311 g/mol. The van der Waals surface area contributed by atoms with Gasteiger partial charge in [0.1, 0.15) is 5.82 Å². The summed E-state index contributed by atoms with van der Waals surface area (Å²) in [4.78, 5) is 16.9. The zero-order valence-electron chi connectivity index (χ0n) is 13.8. The van der Waals surface area contributed by atoms with E-state index in [2.05, 4.69) is 38.9 Å². The number of fused-ring (bicyclic) bond motifs is 1. The van der Waals surface area contributed by atoms with Crippen LogP contribution >= 0.6 is 0 Å². The molecule has 0 bridgehead atoms. The Hall–Kier alpha value is -2.63. The van der Waals surface area contributed by atoms with E-state index >= 15 is 0 Å². The molecule has 1 amide bonds. The van der Waals surface area contributed by atoms with Gasteiger partial charge >= 0.3 is 0 Å². The van der Waals surface area contributed by atoms with Gasteiger partial charge in [-0.25, -0.2) is 0 Å². The number of carbonyl (C=O) groups is 1. The molecule has 6 heteroatoms. The maximum absolute atomic E-state index is 12.6. The van der Waals surface area contributed by atoms with Gasteiger partial charge in [0, 0.05) is 29.1 Å². The van der Waals surface area contributed by atoms with E-state index in [0.29, 0.717) is 11.5 Å². The fourth-order valence-corrected chi connectivity index (χ4v) is 2.57. The van der Waals surface area contributed by atoms with E-state index in [1.54, 1.807) is 0 Å². The molecular weight excluding hydrogens is 290 g/mol. The van der Waals surface area contributed by atoms with Gasteiger partial charge in [-0.05, 0) is 19.9 Å². The second kappa shape index (κ2) is 5.87. The predicted molar refractivity (Wildman–Crippen MR) is 90.7 cm³/mol. The first-order chi connectivity index (χ1) is 11.0. The van der Waals surface area contributed by atoms with Gasteiger partial charge in [0.05, 0.1) is 5.56 Å². The van der Waals surface area contributed by atoms with Gasteiger partial charge in [0.2, 0.25) is 5.95 Å². The summed E-state index contributed by atoms with van der Waals surface area (Å²) in [7, 11) is 0. The van der Waals surface area contributed by atoms with Crippen LogP contribution in [0, 0.1) is 0 Å². The Bertz CT molecular complexity index is 844. The van der Waals surface area contributed by atoms with Gasteiger partial charge in [0.25, 0.3) is 5.91 Å². The number of H-pyrrole nitrogens is 1. The summed E-state index contributed by atoms with van der Waals surface area (Å²) in [5.74, 6) is 1.09. The number of hydrogen-bond donors (Lipinski definition) is 2. The maximum Gasteiger partial charge on any atom is 0.260 e. The molecule has 2 N–H and O–H groups in total. The van der Waals surface area contributed by atoms with Crippen LogP contribution in [0.15, 0.2) is 30.5 Å². The predicted octanol–water partition coefficient (Wildman–Crippen LogP) is 3.72. The highest BCUT2D eigenvalue weighted by Crippen LogP contribution is 2.25. The molecule has 1 aromatic carbocycles. The molecule has 3 aromatic rings. The minimum Gasteiger partial charge on any atom is -0.344 e. The fourth-order valence-electron chi connectivity index (χ4n) is 2.57. The smallest absolute Gasteiger partial charge is 0.260 e. The zero-order valence-corrected chi connectivity index (χ0v) is 13.8. The maximum atomic E-state index is 12.6. The first-order valence-corrected chi connectivity index (χ1v) is 7.80. The number of amides is 1. The summed E-state index contributed by atoms with van der Waals surface area (Å²) in [6.07, 6.45) is 1.89. The van der Waals surface area contributed by atoms with Crippen molar-refractivity contribution in [1.82, 2.24) is 19.7 Å². The van der Waals surface area contributed by atoms with Gasteiger partial charge in [-0.15, -0.1) is 5.10 Å². The standard InChI is InChI=1S/C17H21N5O/c1-10(2)15-18-17(21-20-15)19-16(23)13-9-22(11(3)4)14-8-6-5-7-12(13)14/h5-11H,1-4H3,(H2,18,19,20,21,23). The summed E-state index contributed by atoms with van der Waals surface area (Å²) in [6, 6.07) is 8.18. The molecule has 0 saturated carbocycles. The minimum absolute atomic E-state index is 0.199. The van der Waals surface area contributed by atoms with E-state index < -0.39 is 0 Å². The van der Waals surface area contributed by atoms with Crippen LogP contribution in [0.25, 0.3) is 10.9 Å². The van der Waals surface area contributed by atoms with E-state index in [1.807, 2.05) is 44.3 Å². The number of anilines is 1. The summed E-state index contributed by atoms with van der Waals surface area (Å²) < 4.78 is 2.10. The van der Waals surface area contributed by atoms with Crippen molar-refractivity contribution in [1.29, 1.82) is 0 Å². The molecule has 0 spiro atoms. The SMILES string of the molecule is CC(C)c1nc(NC(=O)c2cn(C(C)C)c3ccccc23)n[nH]1. The van der Waals surface area contributed by atoms with Crippen molar-refractivity contribution in [3.05, 3.63) is 41.9 Å². The van der Waals surface area contributed by atoms with E-state index in [-0.39, 0.29) is 17.9 Å². The van der Waals surface area contributed by atoms with Gasteiger partial charge in [-0.1, -0.05) is 32.0 Å². The number of aromatic amines is 1. The molecule has 0 aliphatic rings. The van der Waals surface area contributed by atoms with Crippen LogP contribution in [0.4, 0.5) is 5.95 Å². The van der Waals surface area contributed by atoms with Crippen LogP contribution in [-0.2, 0) is 0 Å². The number of para-hydroxylation sites is 1. The second-order valence-corrected chi connectivity index (χ2v) is 6.21. The molecule has 3 rings (SSSR count). The van der Waals surface area contributed by atoms with Crippen molar-refractivity contribution in [2.45, 2.75) is 39.7 Å². The summed E-state index contributed by atoms with van der Waals surface area (Å²) in [5, 5.41) is 10.6. The molecule has 6 nitrogen and oxygen atoms in total. The van der Waals surface area contributed by atoms with Crippen molar-refractivity contribution in [2.75, 3.05) is 5.32 Å². The highest BCUT2D eigenvalue weighted by Gasteiger charge is 2.18. The lowest BCUT2D eigenvalue weighted by Gasteiger charge is -2.08. The third-order valence-electron chi connectivity index (χ3n) is 3.82. The average Bonchev–Trinajstić information content (AvgIpc) is 3.11. The van der Waals surface area contributed by atoms with Crippen LogP contribution in [-0.4, -0.2) is 25.7 Å². The lowest BCUT2D eigenvalue weighted by Crippen LogP contribution is -2.13. The molecular formula is C17H21N5O. The molecule has 0 saturated heterocycles. The summed E-state index contributed by atoms with van der Waals surface area (Å²) in [5.41, 5.74) is 1.68. The summed E-state index contributed by atoms with van der Waals surface area (Å²) in [6.45, 7) is 8.22. The fraction of sp³-hybridized carbons (Fsp3) is 0.353. The molecule has 0 aliphatic heterocycles. The van der Waals surface area contributed by atoms with Crippen molar-refractivity contribution >= 4 is 22.8 Å². The molecule has 0 fully saturated rings. The lowest BCUT2D eigenvalue weighted by molar-refractivity contribution is 0.102. The van der Waals surface area contributed by atoms with Gasteiger partial charge in [-0.2, -0.15) is 4.98 Å². The van der Waals surface area contributed by atoms with Gasteiger partial charge < -0.3 is 4.57 Å². The van der Waals surface area contributed by atoms with Crippen LogP contribution in [0.1, 0.15) is 55.8 Å². The highest BCUT2D eigenvalue weighted by molar-refractivity contribution is 6.12. The quantitative estimate of drug-likeness (QED) is 0.771. The Morgan fingerprint density at radius 3 is 2.61 bits per heavy atom. The Balaban J connectivity index is 1.94. The number of rotatable bonds is 4. The van der Waals surface area contributed by atoms with Crippen LogP contribution in [0.3, 0.4) is 0 Å². The molecule has 0 aliphatic carbocycles. The number of nitrogens with one attached hydrogen (secondary N) is 2. The average molecular weight is 311 g/mol. The van der Waals surface area contributed by atoms with Crippen molar-refractivity contribution in [3.8, 4) is 0 Å². The molecule has 120 valence electrons. The third kappa shape index (κ3) is 2.84. The molecule has 2 aromatic heterocycles.